The molecule has 1 aromatic heterocycles. The van der Waals surface area contributed by atoms with Crippen LogP contribution in [0.4, 0.5) is 5.69 Å². The Hall–Kier alpha value is -3.64. The Labute approximate surface area is 193 Å². The summed E-state index contributed by atoms with van der Waals surface area (Å²) >= 11 is 0. The van der Waals surface area contributed by atoms with Crippen molar-refractivity contribution in [1.82, 2.24) is 9.55 Å². The van der Waals surface area contributed by atoms with Crippen LogP contribution in [0.15, 0.2) is 78.9 Å². The van der Waals surface area contributed by atoms with Crippen LogP contribution in [0.5, 0.6) is 5.75 Å². The van der Waals surface area contributed by atoms with Crippen molar-refractivity contribution in [3.8, 4) is 5.75 Å². The molecule has 1 aliphatic heterocycles. The van der Waals surface area contributed by atoms with Crippen molar-refractivity contribution in [3.63, 3.8) is 0 Å². The maximum Gasteiger partial charge on any atom is 0.227 e. The van der Waals surface area contributed by atoms with Gasteiger partial charge >= 0.3 is 0 Å². The molecule has 1 N–H and O–H groups in total. The number of carbonyl (C=O) groups excluding carboxylic acids is 1. The van der Waals surface area contributed by atoms with Crippen molar-refractivity contribution in [1.29, 1.82) is 0 Å². The van der Waals surface area contributed by atoms with Gasteiger partial charge in [0.1, 0.15) is 24.3 Å². The number of aromatic nitrogens is 2. The van der Waals surface area contributed by atoms with E-state index in [4.69, 9.17) is 9.72 Å². The van der Waals surface area contributed by atoms with Crippen LogP contribution in [-0.4, -0.2) is 39.8 Å². The number of rotatable bonds is 7. The molecule has 0 radical (unpaired) electrons. The van der Waals surface area contributed by atoms with Crippen LogP contribution < -0.4 is 9.64 Å². The third-order valence-corrected chi connectivity index (χ3v) is 6.16. The summed E-state index contributed by atoms with van der Waals surface area (Å²) < 4.78 is 7.80. The summed E-state index contributed by atoms with van der Waals surface area (Å²) in [4.78, 5) is 19.7. The minimum atomic E-state index is -0.717. The Morgan fingerprint density at radius 3 is 2.58 bits per heavy atom. The SMILES string of the molecule is Cc1ccccc1N1C[C@H](c2nc3ccccc3n2C[C@@H](O)COc2ccccc2)CC1=O. The van der Waals surface area contributed by atoms with Gasteiger partial charge in [0.2, 0.25) is 5.91 Å². The summed E-state index contributed by atoms with van der Waals surface area (Å²) in [7, 11) is 0. The zero-order valence-corrected chi connectivity index (χ0v) is 18.6. The lowest BCUT2D eigenvalue weighted by Crippen LogP contribution is -2.27. The highest BCUT2D eigenvalue weighted by Gasteiger charge is 2.35. The summed E-state index contributed by atoms with van der Waals surface area (Å²) in [5.41, 5.74) is 3.84. The second kappa shape index (κ2) is 9.08. The number of nitrogens with zero attached hydrogens (tertiary/aromatic N) is 3. The van der Waals surface area contributed by atoms with Crippen molar-refractivity contribution < 1.29 is 14.6 Å². The van der Waals surface area contributed by atoms with E-state index < -0.39 is 6.10 Å². The molecule has 0 aliphatic carbocycles. The van der Waals surface area contributed by atoms with Gasteiger partial charge in [0.05, 0.1) is 17.6 Å². The number of anilines is 1. The molecule has 1 fully saturated rings. The van der Waals surface area contributed by atoms with Gasteiger partial charge in [0.25, 0.3) is 0 Å². The van der Waals surface area contributed by atoms with E-state index in [1.54, 1.807) is 0 Å². The van der Waals surface area contributed by atoms with Gasteiger partial charge in [0, 0.05) is 24.6 Å². The Balaban J connectivity index is 1.40. The molecule has 3 aromatic carbocycles. The standard InChI is InChI=1S/C27H27N3O3/c1-19-9-5-7-13-24(19)29-16-20(15-26(29)32)27-28-23-12-6-8-14-25(23)30(27)17-21(31)18-33-22-10-3-2-4-11-22/h2-14,20-21,31H,15-18H2,1H3/t20-,21-/m1/s1. The van der Waals surface area contributed by atoms with Gasteiger partial charge in [-0.1, -0.05) is 48.5 Å². The zero-order valence-electron chi connectivity index (χ0n) is 18.6. The number of aliphatic hydroxyl groups is 1. The zero-order chi connectivity index (χ0) is 22.8. The fourth-order valence-corrected chi connectivity index (χ4v) is 4.55. The molecule has 5 rings (SSSR count). The lowest BCUT2D eigenvalue weighted by molar-refractivity contribution is -0.117. The molecule has 0 saturated carbocycles. The summed E-state index contributed by atoms with van der Waals surface area (Å²) in [6.45, 7) is 3.12. The molecule has 1 aliphatic rings. The maximum atomic E-state index is 12.9. The first-order valence-electron chi connectivity index (χ1n) is 11.3. The Morgan fingerprint density at radius 1 is 1.03 bits per heavy atom. The molecule has 6 nitrogen and oxygen atoms in total. The summed E-state index contributed by atoms with van der Waals surface area (Å²) in [5, 5.41) is 10.8. The number of ether oxygens (including phenoxy) is 1. The number of carbonyl (C=O) groups is 1. The molecule has 2 heterocycles. The van der Waals surface area contributed by atoms with Gasteiger partial charge < -0.3 is 19.3 Å². The molecule has 1 saturated heterocycles. The summed E-state index contributed by atoms with van der Waals surface area (Å²) in [6, 6.07) is 25.3. The van der Waals surface area contributed by atoms with E-state index in [-0.39, 0.29) is 18.4 Å². The third-order valence-electron chi connectivity index (χ3n) is 6.16. The molecule has 6 heteroatoms. The Morgan fingerprint density at radius 2 is 1.76 bits per heavy atom. The smallest absolute Gasteiger partial charge is 0.227 e. The Kier molecular flexibility index (Phi) is 5.84. The first kappa shape index (κ1) is 21.2. The second-order valence-corrected chi connectivity index (χ2v) is 8.54. The fourth-order valence-electron chi connectivity index (χ4n) is 4.55. The Bertz CT molecular complexity index is 1270. The summed E-state index contributed by atoms with van der Waals surface area (Å²) in [5.74, 6) is 1.61. The molecular formula is C27H27N3O3. The van der Waals surface area contributed by atoms with Crippen molar-refractivity contribution in [2.24, 2.45) is 0 Å². The van der Waals surface area contributed by atoms with E-state index in [0.29, 0.717) is 19.5 Å². The molecule has 168 valence electrons. The molecule has 0 bridgehead atoms. The number of benzene rings is 3. The van der Waals surface area contributed by atoms with Crippen LogP contribution in [0.3, 0.4) is 0 Å². The van der Waals surface area contributed by atoms with E-state index in [9.17, 15) is 9.90 Å². The maximum absolute atomic E-state index is 12.9. The van der Waals surface area contributed by atoms with Crippen LogP contribution >= 0.6 is 0 Å². The van der Waals surface area contributed by atoms with Gasteiger partial charge in [0.15, 0.2) is 0 Å². The lowest BCUT2D eigenvalue weighted by atomic mass is 10.1. The second-order valence-electron chi connectivity index (χ2n) is 8.54. The van der Waals surface area contributed by atoms with Gasteiger partial charge in [-0.2, -0.15) is 0 Å². The van der Waals surface area contributed by atoms with Crippen molar-refractivity contribution >= 4 is 22.6 Å². The van der Waals surface area contributed by atoms with Crippen LogP contribution in [-0.2, 0) is 11.3 Å². The number of aliphatic hydroxyl groups excluding tert-OH is 1. The molecular weight excluding hydrogens is 414 g/mol. The fraction of sp³-hybridized carbons (Fsp3) is 0.259. The monoisotopic (exact) mass is 441 g/mol. The highest BCUT2D eigenvalue weighted by molar-refractivity contribution is 5.97. The molecule has 4 aromatic rings. The quantitative estimate of drug-likeness (QED) is 0.464. The number of fused-ring (bicyclic) bond motifs is 1. The van der Waals surface area contributed by atoms with E-state index >= 15 is 0 Å². The van der Waals surface area contributed by atoms with E-state index in [1.165, 1.54) is 0 Å². The number of hydrogen-bond donors (Lipinski definition) is 1. The molecule has 33 heavy (non-hydrogen) atoms. The predicted octanol–water partition coefficient (Wildman–Crippen LogP) is 4.31. The van der Waals surface area contributed by atoms with Crippen LogP contribution in [0.2, 0.25) is 0 Å². The number of hydrogen-bond acceptors (Lipinski definition) is 4. The lowest BCUT2D eigenvalue weighted by Gasteiger charge is -2.20. The number of amides is 1. The average Bonchev–Trinajstić information content (AvgIpc) is 3.39. The van der Waals surface area contributed by atoms with Gasteiger partial charge in [-0.3, -0.25) is 4.79 Å². The van der Waals surface area contributed by atoms with E-state index in [2.05, 4.69) is 0 Å². The highest BCUT2D eigenvalue weighted by Crippen LogP contribution is 2.34. The van der Waals surface area contributed by atoms with Crippen molar-refractivity contribution in [2.75, 3.05) is 18.1 Å². The topological polar surface area (TPSA) is 67.6 Å². The van der Waals surface area contributed by atoms with Crippen LogP contribution in [0, 0.1) is 6.92 Å². The number of para-hydroxylation sites is 4. The molecule has 1 amide bonds. The largest absolute Gasteiger partial charge is 0.491 e. The van der Waals surface area contributed by atoms with E-state index in [0.717, 1.165) is 33.9 Å². The molecule has 2 atom stereocenters. The first-order valence-corrected chi connectivity index (χ1v) is 11.3. The average molecular weight is 442 g/mol. The first-order chi connectivity index (χ1) is 16.1. The summed E-state index contributed by atoms with van der Waals surface area (Å²) in [6.07, 6.45) is -0.319. The highest BCUT2D eigenvalue weighted by atomic mass is 16.5. The van der Waals surface area contributed by atoms with Crippen molar-refractivity contribution in [3.05, 3.63) is 90.3 Å². The normalized spacial score (nSPS) is 17.0. The minimum Gasteiger partial charge on any atom is -0.491 e. The van der Waals surface area contributed by atoms with Gasteiger partial charge in [-0.25, -0.2) is 4.98 Å². The number of aryl methyl sites for hydroxylation is 1. The third kappa shape index (κ3) is 4.34. The predicted molar refractivity (Wildman–Crippen MR) is 129 cm³/mol. The van der Waals surface area contributed by atoms with E-state index in [1.807, 2.05) is 95.3 Å². The van der Waals surface area contributed by atoms with Crippen molar-refractivity contribution in [2.45, 2.75) is 31.9 Å². The van der Waals surface area contributed by atoms with Gasteiger partial charge in [-0.15, -0.1) is 0 Å². The number of imidazole rings is 1. The van der Waals surface area contributed by atoms with Crippen LogP contribution in [0.1, 0.15) is 23.7 Å². The molecule has 0 unspecified atom stereocenters. The van der Waals surface area contributed by atoms with Gasteiger partial charge in [-0.05, 0) is 42.8 Å². The van der Waals surface area contributed by atoms with Crippen LogP contribution in [0.25, 0.3) is 11.0 Å². The molecule has 0 spiro atoms. The minimum absolute atomic E-state index is 0.0493.